The van der Waals surface area contributed by atoms with Crippen LogP contribution in [0.1, 0.15) is 15.3 Å². The summed E-state index contributed by atoms with van der Waals surface area (Å²) < 4.78 is 0. The van der Waals surface area contributed by atoms with Gasteiger partial charge in [0, 0.05) is 5.69 Å². The smallest absolute Gasteiger partial charge is 1.00 e. The van der Waals surface area contributed by atoms with E-state index in [4.69, 9.17) is 28.3 Å². The van der Waals surface area contributed by atoms with Crippen molar-refractivity contribution >= 4 is 34.9 Å². The monoisotopic (exact) mass is 255 g/mol. The molecule has 0 atom stereocenters. The van der Waals surface area contributed by atoms with Crippen molar-refractivity contribution in [2.45, 2.75) is 19.4 Å². The van der Waals surface area contributed by atoms with Gasteiger partial charge < -0.3 is 11.8 Å². The van der Waals surface area contributed by atoms with Crippen LogP contribution in [0.3, 0.4) is 0 Å². The van der Waals surface area contributed by atoms with Crippen LogP contribution in [0.15, 0.2) is 18.2 Å². The van der Waals surface area contributed by atoms with Crippen molar-refractivity contribution < 1.29 is 30.2 Å². The van der Waals surface area contributed by atoms with Crippen molar-refractivity contribution in [3.8, 4) is 0 Å². The van der Waals surface area contributed by atoms with E-state index in [1.165, 1.54) is 0 Å². The van der Waals surface area contributed by atoms with Crippen molar-refractivity contribution in [1.29, 1.82) is 0 Å². The van der Waals surface area contributed by atoms with Gasteiger partial charge in [0.05, 0.1) is 10.0 Å². The van der Waals surface area contributed by atoms with E-state index in [2.05, 4.69) is 5.32 Å². The summed E-state index contributed by atoms with van der Waals surface area (Å²) in [7, 11) is 0. The minimum Gasteiger partial charge on any atom is -1.00 e. The Morgan fingerprint density at radius 2 is 1.94 bits per heavy atom. The van der Waals surface area contributed by atoms with E-state index in [0.717, 1.165) is 0 Å². The van der Waals surface area contributed by atoms with Gasteiger partial charge in [0.25, 0.3) is 0 Å². The minimum absolute atomic E-state index is 0. The molecule has 0 unspecified atom stereocenters. The van der Waals surface area contributed by atoms with Crippen LogP contribution in [-0.2, 0) is 4.79 Å². The van der Waals surface area contributed by atoms with Gasteiger partial charge in [-0.25, -0.2) is 4.79 Å². The van der Waals surface area contributed by atoms with Crippen LogP contribution >= 0.6 is 23.2 Å². The van der Waals surface area contributed by atoms with E-state index in [-0.39, 0.29) is 20.3 Å². The Hall–Kier alpha value is -0.333. The molecule has 0 radical (unpaired) electrons. The molecule has 0 heterocycles. The van der Waals surface area contributed by atoms with Crippen LogP contribution in [0.5, 0.6) is 0 Å². The number of aliphatic carboxylic acids is 1. The molecule has 6 heteroatoms. The Morgan fingerprint density at radius 1 is 1.38 bits per heavy atom. The van der Waals surface area contributed by atoms with E-state index in [9.17, 15) is 4.79 Å². The van der Waals surface area contributed by atoms with E-state index in [1.807, 2.05) is 0 Å². The fraction of sp³-hybridized carbons (Fsp3) is 0.300. The van der Waals surface area contributed by atoms with Crippen molar-refractivity contribution in [3.63, 3.8) is 0 Å². The molecule has 2 N–H and O–H groups in total. The molecule has 1 rings (SSSR count). The van der Waals surface area contributed by atoms with Gasteiger partial charge in [-0.2, -0.15) is 0 Å². The van der Waals surface area contributed by atoms with E-state index in [1.54, 1.807) is 32.0 Å². The summed E-state index contributed by atoms with van der Waals surface area (Å²) in [5.74, 6) is -0.937. The quantitative estimate of drug-likeness (QED) is 0.769. The molecule has 0 saturated heterocycles. The number of benzene rings is 1. The number of anilines is 1. The maximum atomic E-state index is 10.9. The van der Waals surface area contributed by atoms with Crippen LogP contribution in [0.2, 0.25) is 10.0 Å². The third-order valence-electron chi connectivity index (χ3n) is 1.91. The second-order valence-corrected chi connectivity index (χ2v) is 4.50. The third-order valence-corrected chi connectivity index (χ3v) is 2.65. The summed E-state index contributed by atoms with van der Waals surface area (Å²) >= 11 is 11.5. The predicted molar refractivity (Wildman–Crippen MR) is 62.9 cm³/mol. The predicted octanol–water partition coefficient (Wildman–Crippen LogP) is 0.385. The number of carboxylic acid groups (broad SMARTS) is 1. The number of hydrogen-bond donors (Lipinski definition) is 2. The van der Waals surface area contributed by atoms with Crippen molar-refractivity contribution in [1.82, 2.24) is 0 Å². The van der Waals surface area contributed by atoms with Gasteiger partial charge >= 0.3 is 24.8 Å². The van der Waals surface area contributed by atoms with Crippen molar-refractivity contribution in [2.24, 2.45) is 0 Å². The summed E-state index contributed by atoms with van der Waals surface area (Å²) in [5.41, 5.74) is -0.422. The average molecular weight is 256 g/mol. The standard InChI is InChI=1S/C10H11Cl2NO2.Li.H/c1-10(2,9(14)15)13-6-3-4-7(11)8(12)5-6;;/h3-5,13H,1-2H3,(H,14,15);;/q;+1;-1. The molecule has 3 nitrogen and oxygen atoms in total. The summed E-state index contributed by atoms with van der Waals surface area (Å²) in [4.78, 5) is 10.9. The Morgan fingerprint density at radius 3 is 2.38 bits per heavy atom. The fourth-order valence-electron chi connectivity index (χ4n) is 0.988. The molecule has 16 heavy (non-hydrogen) atoms. The SMILES string of the molecule is CC(C)(Nc1ccc(Cl)c(Cl)c1)C(=O)O.[H-].[Li+]. The van der Waals surface area contributed by atoms with Crippen LogP contribution in [0.25, 0.3) is 0 Å². The normalized spacial score (nSPS) is 10.5. The maximum absolute atomic E-state index is 10.9. The molecule has 0 aliphatic heterocycles. The first-order valence-electron chi connectivity index (χ1n) is 4.29. The van der Waals surface area contributed by atoms with Gasteiger partial charge in [-0.1, -0.05) is 23.2 Å². The van der Waals surface area contributed by atoms with E-state index < -0.39 is 11.5 Å². The molecule has 0 spiro atoms. The van der Waals surface area contributed by atoms with E-state index in [0.29, 0.717) is 15.7 Å². The molecular weight excluding hydrogens is 244 g/mol. The first-order chi connectivity index (χ1) is 6.83. The molecule has 1 aromatic carbocycles. The van der Waals surface area contributed by atoms with E-state index >= 15 is 0 Å². The topological polar surface area (TPSA) is 49.3 Å². The summed E-state index contributed by atoms with van der Waals surface area (Å²) in [6.07, 6.45) is 0. The average Bonchev–Trinajstić information content (AvgIpc) is 2.10. The maximum Gasteiger partial charge on any atom is 1.00 e. The Kier molecular flexibility index (Phi) is 5.71. The molecular formula is C10H12Cl2LiNO2. The molecule has 1 aromatic rings. The number of carbonyl (C=O) groups is 1. The van der Waals surface area contributed by atoms with Crippen LogP contribution in [-0.4, -0.2) is 16.6 Å². The van der Waals surface area contributed by atoms with Gasteiger partial charge in [0.1, 0.15) is 5.54 Å². The fourth-order valence-corrected chi connectivity index (χ4v) is 1.29. The molecule has 0 aliphatic carbocycles. The molecule has 0 saturated carbocycles. The number of rotatable bonds is 3. The first-order valence-corrected chi connectivity index (χ1v) is 5.05. The second kappa shape index (κ2) is 5.84. The zero-order valence-electron chi connectivity index (χ0n) is 10.3. The summed E-state index contributed by atoms with van der Waals surface area (Å²) in [6.45, 7) is 3.13. The van der Waals surface area contributed by atoms with Gasteiger partial charge in [-0.05, 0) is 32.0 Å². The van der Waals surface area contributed by atoms with Gasteiger partial charge in [0.15, 0.2) is 0 Å². The van der Waals surface area contributed by atoms with Crippen molar-refractivity contribution in [2.75, 3.05) is 5.32 Å². The van der Waals surface area contributed by atoms with Gasteiger partial charge in [-0.3, -0.25) is 0 Å². The number of halogens is 2. The molecule has 0 amide bonds. The van der Waals surface area contributed by atoms with Gasteiger partial charge in [0.2, 0.25) is 0 Å². The number of nitrogens with one attached hydrogen (secondary N) is 1. The number of carboxylic acids is 1. The summed E-state index contributed by atoms with van der Waals surface area (Å²) in [5, 5.41) is 12.6. The zero-order valence-corrected chi connectivity index (χ0v) is 10.9. The number of hydrogen-bond acceptors (Lipinski definition) is 2. The third kappa shape index (κ3) is 3.92. The zero-order chi connectivity index (χ0) is 11.6. The van der Waals surface area contributed by atoms with Crippen molar-refractivity contribution in [3.05, 3.63) is 28.2 Å². The molecule has 84 valence electrons. The Balaban J connectivity index is 0. The largest absolute Gasteiger partial charge is 1.00 e. The van der Waals surface area contributed by atoms with Crippen LogP contribution < -0.4 is 24.2 Å². The van der Waals surface area contributed by atoms with Gasteiger partial charge in [-0.15, -0.1) is 0 Å². The molecule has 0 aromatic heterocycles. The minimum atomic E-state index is -1.04. The molecule has 0 aliphatic rings. The molecule has 0 bridgehead atoms. The van der Waals surface area contributed by atoms with Crippen LogP contribution in [0.4, 0.5) is 5.69 Å². The first kappa shape index (κ1) is 15.7. The molecule has 0 fully saturated rings. The Bertz CT molecular complexity index is 402. The van der Waals surface area contributed by atoms with Crippen LogP contribution in [0, 0.1) is 0 Å². The summed E-state index contributed by atoms with van der Waals surface area (Å²) in [6, 6.07) is 4.89. The Labute approximate surface area is 118 Å². The second-order valence-electron chi connectivity index (χ2n) is 3.68.